The Kier molecular flexibility index (Phi) is 4.28. The van der Waals surface area contributed by atoms with Gasteiger partial charge in [0.15, 0.2) is 11.6 Å². The van der Waals surface area contributed by atoms with Crippen LogP contribution in [0.5, 0.6) is 5.75 Å². The number of phenolic OH excluding ortho intramolecular Hbond substituents is 1. The summed E-state index contributed by atoms with van der Waals surface area (Å²) in [4.78, 5) is 20.1. The van der Waals surface area contributed by atoms with E-state index in [0.717, 1.165) is 5.13 Å². The van der Waals surface area contributed by atoms with E-state index in [1.807, 2.05) is 4.90 Å². The summed E-state index contributed by atoms with van der Waals surface area (Å²) in [6.07, 6.45) is -0.0635. The highest BCUT2D eigenvalue weighted by atomic mass is 32.1. The highest BCUT2D eigenvalue weighted by Gasteiger charge is 2.24. The van der Waals surface area contributed by atoms with Crippen molar-refractivity contribution in [1.29, 1.82) is 0 Å². The van der Waals surface area contributed by atoms with E-state index in [-0.39, 0.29) is 23.8 Å². The number of hydrogen-bond acceptors (Lipinski definition) is 7. The molecular formula is C14H16FN5O2S. The molecule has 0 spiro atoms. The van der Waals surface area contributed by atoms with Gasteiger partial charge in [0.25, 0.3) is 0 Å². The molecule has 122 valence electrons. The van der Waals surface area contributed by atoms with E-state index >= 15 is 0 Å². The van der Waals surface area contributed by atoms with Crippen molar-refractivity contribution in [3.63, 3.8) is 0 Å². The summed E-state index contributed by atoms with van der Waals surface area (Å²) in [5, 5.41) is 10.1. The van der Waals surface area contributed by atoms with E-state index < -0.39 is 11.6 Å². The van der Waals surface area contributed by atoms with Gasteiger partial charge in [-0.25, -0.2) is 4.39 Å². The van der Waals surface area contributed by atoms with Crippen molar-refractivity contribution < 1.29 is 14.3 Å². The zero-order chi connectivity index (χ0) is 16.4. The van der Waals surface area contributed by atoms with Gasteiger partial charge in [0.05, 0.1) is 6.42 Å². The number of carbonyl (C=O) groups excluding carboxylic acids is 1. The molecule has 7 nitrogen and oxygen atoms in total. The Labute approximate surface area is 136 Å². The van der Waals surface area contributed by atoms with Crippen LogP contribution in [0.25, 0.3) is 0 Å². The average molecular weight is 337 g/mol. The third-order valence-corrected chi connectivity index (χ3v) is 4.53. The molecule has 3 rings (SSSR count). The number of halogens is 1. The molecule has 0 unspecified atom stereocenters. The fourth-order valence-electron chi connectivity index (χ4n) is 2.48. The molecule has 0 radical (unpaired) electrons. The number of nitrogens with two attached hydrogens (primary N) is 1. The van der Waals surface area contributed by atoms with Crippen LogP contribution in [0.1, 0.15) is 5.56 Å². The predicted octanol–water partition coefficient (Wildman–Crippen LogP) is 0.856. The van der Waals surface area contributed by atoms with Crippen LogP contribution in [0, 0.1) is 5.82 Å². The van der Waals surface area contributed by atoms with Crippen molar-refractivity contribution in [3.8, 4) is 5.75 Å². The average Bonchev–Trinajstić information content (AvgIpc) is 2.98. The number of rotatable bonds is 3. The Morgan fingerprint density at radius 1 is 1.35 bits per heavy atom. The first kappa shape index (κ1) is 15.5. The highest BCUT2D eigenvalue weighted by Crippen LogP contribution is 2.21. The van der Waals surface area contributed by atoms with E-state index in [1.54, 1.807) is 4.90 Å². The molecule has 9 heteroatoms. The maximum atomic E-state index is 13.8. The summed E-state index contributed by atoms with van der Waals surface area (Å²) >= 11 is 1.23. The molecule has 0 aliphatic carbocycles. The molecule has 3 N–H and O–H groups in total. The lowest BCUT2D eigenvalue weighted by atomic mass is 10.1. The summed E-state index contributed by atoms with van der Waals surface area (Å²) in [6.45, 7) is 2.31. The molecular weight excluding hydrogens is 321 g/mol. The Hall–Kier alpha value is -2.42. The SMILES string of the molecule is Nc1nsc(N2CCN(C(=O)Cc3cccc(O)c3F)CC2)n1. The van der Waals surface area contributed by atoms with Gasteiger partial charge in [-0.1, -0.05) is 12.1 Å². The zero-order valence-electron chi connectivity index (χ0n) is 12.3. The standard InChI is InChI=1S/C14H16FN5O2S/c15-12-9(2-1-3-10(12)21)8-11(22)19-4-6-20(7-5-19)14-17-13(16)18-23-14/h1-3,21H,4-8H2,(H2,16,18). The van der Waals surface area contributed by atoms with Gasteiger partial charge in [-0.15, -0.1) is 0 Å². The van der Waals surface area contributed by atoms with Gasteiger partial charge in [-0.05, 0) is 6.07 Å². The van der Waals surface area contributed by atoms with Crippen LogP contribution < -0.4 is 10.6 Å². The summed E-state index contributed by atoms with van der Waals surface area (Å²) in [5.74, 6) is -1.08. The number of nitrogen functional groups attached to an aromatic ring is 1. The largest absolute Gasteiger partial charge is 0.505 e. The normalized spacial score (nSPS) is 15.0. The minimum absolute atomic E-state index is 0.0635. The quantitative estimate of drug-likeness (QED) is 0.862. The van der Waals surface area contributed by atoms with Crippen LogP contribution in [0.15, 0.2) is 18.2 Å². The number of carbonyl (C=O) groups is 1. The van der Waals surface area contributed by atoms with Gasteiger partial charge in [-0.3, -0.25) is 4.79 Å². The zero-order valence-corrected chi connectivity index (χ0v) is 13.1. The monoisotopic (exact) mass is 337 g/mol. The molecule has 23 heavy (non-hydrogen) atoms. The number of anilines is 2. The van der Waals surface area contributed by atoms with Crippen LogP contribution in [0.3, 0.4) is 0 Å². The van der Waals surface area contributed by atoms with Crippen LogP contribution in [-0.2, 0) is 11.2 Å². The van der Waals surface area contributed by atoms with E-state index in [9.17, 15) is 14.3 Å². The lowest BCUT2D eigenvalue weighted by Crippen LogP contribution is -2.49. The third-order valence-electron chi connectivity index (χ3n) is 3.73. The first-order valence-corrected chi connectivity index (χ1v) is 7.90. The summed E-state index contributed by atoms with van der Waals surface area (Å²) in [6, 6.07) is 4.29. The number of phenols is 1. The molecule has 0 saturated carbocycles. The lowest BCUT2D eigenvalue weighted by molar-refractivity contribution is -0.130. The van der Waals surface area contributed by atoms with Gasteiger partial charge in [0, 0.05) is 43.3 Å². The van der Waals surface area contributed by atoms with Crippen LogP contribution >= 0.6 is 11.5 Å². The molecule has 2 heterocycles. The Morgan fingerprint density at radius 2 is 2.09 bits per heavy atom. The van der Waals surface area contributed by atoms with Crippen molar-refractivity contribution in [3.05, 3.63) is 29.6 Å². The Balaban J connectivity index is 1.59. The topological polar surface area (TPSA) is 95.6 Å². The van der Waals surface area contributed by atoms with Crippen molar-refractivity contribution in [2.75, 3.05) is 36.8 Å². The van der Waals surface area contributed by atoms with Crippen molar-refractivity contribution >= 4 is 28.5 Å². The lowest BCUT2D eigenvalue weighted by Gasteiger charge is -2.34. The summed E-state index contributed by atoms with van der Waals surface area (Å²) in [5.41, 5.74) is 5.72. The van der Waals surface area contributed by atoms with Gasteiger partial charge in [0.1, 0.15) is 0 Å². The van der Waals surface area contributed by atoms with E-state index in [1.165, 1.54) is 29.7 Å². The number of piperazine rings is 1. The number of benzene rings is 1. The number of aromatic hydroxyl groups is 1. The van der Waals surface area contributed by atoms with Gasteiger partial charge in [0.2, 0.25) is 17.0 Å². The second-order valence-electron chi connectivity index (χ2n) is 5.23. The molecule has 0 atom stereocenters. The third kappa shape index (κ3) is 3.34. The van der Waals surface area contributed by atoms with E-state index in [4.69, 9.17) is 5.73 Å². The highest BCUT2D eigenvalue weighted by molar-refractivity contribution is 7.09. The molecule has 1 saturated heterocycles. The minimum atomic E-state index is -0.733. The number of aromatic nitrogens is 2. The maximum absolute atomic E-state index is 13.8. The molecule has 2 aromatic rings. The van der Waals surface area contributed by atoms with Crippen molar-refractivity contribution in [1.82, 2.24) is 14.3 Å². The minimum Gasteiger partial charge on any atom is -0.505 e. The molecule has 1 amide bonds. The Morgan fingerprint density at radius 3 is 2.74 bits per heavy atom. The molecule has 1 aromatic carbocycles. The van der Waals surface area contributed by atoms with E-state index in [2.05, 4.69) is 9.36 Å². The molecule has 0 bridgehead atoms. The fourth-order valence-corrected chi connectivity index (χ4v) is 3.13. The molecule has 1 aliphatic heterocycles. The van der Waals surface area contributed by atoms with Gasteiger partial charge in [-0.2, -0.15) is 9.36 Å². The molecule has 1 aliphatic rings. The molecule has 1 fully saturated rings. The van der Waals surface area contributed by atoms with Gasteiger partial charge >= 0.3 is 0 Å². The number of hydrogen-bond donors (Lipinski definition) is 2. The molecule has 1 aromatic heterocycles. The van der Waals surface area contributed by atoms with Crippen molar-refractivity contribution in [2.24, 2.45) is 0 Å². The second kappa shape index (κ2) is 6.37. The first-order valence-electron chi connectivity index (χ1n) is 7.13. The van der Waals surface area contributed by atoms with E-state index in [0.29, 0.717) is 26.2 Å². The maximum Gasteiger partial charge on any atom is 0.233 e. The predicted molar refractivity (Wildman–Crippen MR) is 84.9 cm³/mol. The van der Waals surface area contributed by atoms with Crippen LogP contribution in [-0.4, -0.2) is 51.5 Å². The second-order valence-corrected chi connectivity index (χ2v) is 5.96. The summed E-state index contributed by atoms with van der Waals surface area (Å²) < 4.78 is 17.7. The summed E-state index contributed by atoms with van der Waals surface area (Å²) in [7, 11) is 0. The van der Waals surface area contributed by atoms with Crippen LogP contribution in [0.2, 0.25) is 0 Å². The van der Waals surface area contributed by atoms with Gasteiger partial charge < -0.3 is 20.6 Å². The first-order chi connectivity index (χ1) is 11.0. The smallest absolute Gasteiger partial charge is 0.233 e. The van der Waals surface area contributed by atoms with Crippen molar-refractivity contribution in [2.45, 2.75) is 6.42 Å². The number of amides is 1. The van der Waals surface area contributed by atoms with Crippen LogP contribution in [0.4, 0.5) is 15.5 Å². The Bertz CT molecular complexity index is 715. The fraction of sp³-hybridized carbons (Fsp3) is 0.357. The number of nitrogens with zero attached hydrogens (tertiary/aromatic N) is 4.